The molecular formula is C24H21N5O5S. The van der Waals surface area contributed by atoms with Gasteiger partial charge in [0.1, 0.15) is 0 Å². The highest BCUT2D eigenvalue weighted by Gasteiger charge is 2.19. The van der Waals surface area contributed by atoms with Gasteiger partial charge in [-0.15, -0.1) is 0 Å². The molecule has 0 saturated heterocycles. The third-order valence-corrected chi connectivity index (χ3v) is 6.68. The van der Waals surface area contributed by atoms with Gasteiger partial charge in [-0.25, -0.2) is 13.1 Å². The van der Waals surface area contributed by atoms with Gasteiger partial charge in [0.2, 0.25) is 0 Å². The third-order valence-electron chi connectivity index (χ3n) is 5.15. The first kappa shape index (κ1) is 23.6. The van der Waals surface area contributed by atoms with E-state index in [0.717, 1.165) is 5.56 Å². The Hall–Kier alpha value is -4.51. The number of rotatable bonds is 7. The van der Waals surface area contributed by atoms with Gasteiger partial charge in [-0.1, -0.05) is 18.2 Å². The number of aromatic nitrogens is 2. The molecule has 4 aromatic rings. The van der Waals surface area contributed by atoms with E-state index in [4.69, 9.17) is 0 Å². The van der Waals surface area contributed by atoms with Crippen molar-refractivity contribution in [3.8, 4) is 5.69 Å². The molecule has 2 N–H and O–H groups in total. The largest absolute Gasteiger partial charge is 0.321 e. The van der Waals surface area contributed by atoms with Gasteiger partial charge in [-0.2, -0.15) is 5.10 Å². The zero-order chi connectivity index (χ0) is 25.2. The van der Waals surface area contributed by atoms with Gasteiger partial charge in [0.05, 0.1) is 15.5 Å². The van der Waals surface area contributed by atoms with Crippen molar-refractivity contribution in [1.29, 1.82) is 0 Å². The van der Waals surface area contributed by atoms with Crippen LogP contribution in [0.15, 0.2) is 83.9 Å². The van der Waals surface area contributed by atoms with Crippen LogP contribution in [0.1, 0.15) is 21.6 Å². The Labute approximate surface area is 201 Å². The highest BCUT2D eigenvalue weighted by molar-refractivity contribution is 7.92. The number of nitro benzene ring substituents is 1. The molecule has 11 heteroatoms. The average molecular weight is 492 g/mol. The maximum atomic E-state index is 13.0. The van der Waals surface area contributed by atoms with E-state index in [1.165, 1.54) is 41.1 Å². The molecule has 0 radical (unpaired) electrons. The fraction of sp³-hybridized carbons (Fsp3) is 0.0833. The average Bonchev–Trinajstić information content (AvgIpc) is 3.30. The lowest BCUT2D eigenvalue weighted by Gasteiger charge is -2.13. The van der Waals surface area contributed by atoms with Crippen molar-refractivity contribution in [1.82, 2.24) is 9.78 Å². The smallest absolute Gasteiger partial charge is 0.276 e. The maximum Gasteiger partial charge on any atom is 0.276 e. The molecule has 35 heavy (non-hydrogen) atoms. The molecule has 0 fully saturated rings. The summed E-state index contributed by atoms with van der Waals surface area (Å²) in [4.78, 5) is 23.1. The predicted octanol–water partition coefficient (Wildman–Crippen LogP) is 4.45. The summed E-state index contributed by atoms with van der Waals surface area (Å²) in [7, 11) is -3.89. The molecule has 4 rings (SSSR count). The van der Waals surface area contributed by atoms with E-state index in [-0.39, 0.29) is 22.0 Å². The van der Waals surface area contributed by atoms with Crippen LogP contribution < -0.4 is 10.0 Å². The monoisotopic (exact) mass is 491 g/mol. The van der Waals surface area contributed by atoms with Crippen molar-refractivity contribution in [2.45, 2.75) is 18.7 Å². The van der Waals surface area contributed by atoms with Crippen LogP contribution in [-0.2, 0) is 10.0 Å². The molecule has 0 bridgehead atoms. The van der Waals surface area contributed by atoms with Gasteiger partial charge >= 0.3 is 0 Å². The van der Waals surface area contributed by atoms with Crippen molar-refractivity contribution in [3.63, 3.8) is 0 Å². The van der Waals surface area contributed by atoms with E-state index in [2.05, 4.69) is 15.1 Å². The number of carbonyl (C=O) groups excluding carboxylic acids is 1. The number of sulfonamides is 1. The Balaban J connectivity index is 1.52. The number of carbonyl (C=O) groups is 1. The summed E-state index contributed by atoms with van der Waals surface area (Å²) in [6.07, 6.45) is 1.55. The van der Waals surface area contributed by atoms with Gasteiger partial charge in [-0.05, 0) is 67.4 Å². The lowest BCUT2D eigenvalue weighted by atomic mass is 10.2. The number of hydrogen-bond acceptors (Lipinski definition) is 6. The SMILES string of the molecule is Cc1cccc(NS(=O)(=O)c2cc(NC(=O)c3ccn(-c4ccc([N+](=O)[O-])cc4)n3)ccc2C)c1. The minimum Gasteiger partial charge on any atom is -0.321 e. The Kier molecular flexibility index (Phi) is 6.34. The number of nitro groups is 1. The number of benzene rings is 3. The van der Waals surface area contributed by atoms with E-state index < -0.39 is 20.9 Å². The molecule has 0 aliphatic heterocycles. The molecule has 0 atom stereocenters. The molecule has 1 amide bonds. The highest BCUT2D eigenvalue weighted by atomic mass is 32.2. The molecule has 1 heterocycles. The van der Waals surface area contributed by atoms with Crippen LogP contribution >= 0.6 is 0 Å². The number of aryl methyl sites for hydroxylation is 2. The number of nitrogens with zero attached hydrogens (tertiary/aromatic N) is 3. The van der Waals surface area contributed by atoms with Gasteiger partial charge < -0.3 is 5.32 Å². The number of nitrogens with one attached hydrogen (secondary N) is 2. The molecule has 0 spiro atoms. The predicted molar refractivity (Wildman–Crippen MR) is 131 cm³/mol. The molecule has 0 aliphatic rings. The maximum absolute atomic E-state index is 13.0. The van der Waals surface area contributed by atoms with Crippen LogP contribution in [0.2, 0.25) is 0 Å². The molecule has 1 aromatic heterocycles. The van der Waals surface area contributed by atoms with Gasteiger partial charge in [0, 0.05) is 29.7 Å². The van der Waals surface area contributed by atoms with Crippen molar-refractivity contribution in [2.75, 3.05) is 10.0 Å². The molecule has 178 valence electrons. The van der Waals surface area contributed by atoms with Crippen LogP contribution in [0, 0.1) is 24.0 Å². The van der Waals surface area contributed by atoms with Crippen molar-refractivity contribution in [3.05, 3.63) is 106 Å². The number of amides is 1. The quantitative estimate of drug-likeness (QED) is 0.289. The Morgan fingerprint density at radius 1 is 0.971 bits per heavy atom. The summed E-state index contributed by atoms with van der Waals surface area (Å²) in [6.45, 7) is 3.53. The first-order valence-corrected chi connectivity index (χ1v) is 11.9. The van der Waals surface area contributed by atoms with E-state index in [1.807, 2.05) is 13.0 Å². The van der Waals surface area contributed by atoms with Crippen molar-refractivity contribution >= 4 is 33.0 Å². The second-order valence-corrected chi connectivity index (χ2v) is 9.48. The summed E-state index contributed by atoms with van der Waals surface area (Å²) in [6, 6.07) is 18.8. The zero-order valence-corrected chi connectivity index (χ0v) is 19.6. The summed E-state index contributed by atoms with van der Waals surface area (Å²) in [5.74, 6) is -0.537. The lowest BCUT2D eigenvalue weighted by Crippen LogP contribution is -2.16. The standard InChI is InChI=1S/C24H21N5O5S/c1-16-4-3-5-19(14-16)27-35(33,34)23-15-18(7-6-17(23)2)25-24(30)22-12-13-28(26-22)20-8-10-21(11-9-20)29(31)32/h3-15,27H,1-2H3,(H,25,30). The first-order chi connectivity index (χ1) is 16.6. The normalized spacial score (nSPS) is 11.1. The fourth-order valence-corrected chi connectivity index (χ4v) is 4.72. The fourth-order valence-electron chi connectivity index (χ4n) is 3.40. The van der Waals surface area contributed by atoms with E-state index >= 15 is 0 Å². The number of non-ortho nitro benzene ring substituents is 1. The van der Waals surface area contributed by atoms with Crippen molar-refractivity contribution in [2.24, 2.45) is 0 Å². The van der Waals surface area contributed by atoms with E-state index in [0.29, 0.717) is 16.9 Å². The molecular weight excluding hydrogens is 470 g/mol. The Morgan fingerprint density at radius 3 is 2.40 bits per heavy atom. The molecule has 0 saturated carbocycles. The zero-order valence-electron chi connectivity index (χ0n) is 18.8. The highest BCUT2D eigenvalue weighted by Crippen LogP contribution is 2.24. The minimum absolute atomic E-state index is 0.0354. The summed E-state index contributed by atoms with van der Waals surface area (Å²) < 4.78 is 29.9. The van der Waals surface area contributed by atoms with Gasteiger partial charge in [0.15, 0.2) is 5.69 Å². The Bertz CT molecular complexity index is 1530. The van der Waals surface area contributed by atoms with Crippen LogP contribution in [0.3, 0.4) is 0 Å². The number of hydrogen-bond donors (Lipinski definition) is 2. The van der Waals surface area contributed by atoms with Gasteiger partial charge in [-0.3, -0.25) is 19.6 Å². The third kappa shape index (κ3) is 5.36. The summed E-state index contributed by atoms with van der Waals surface area (Å²) >= 11 is 0. The van der Waals surface area contributed by atoms with Crippen LogP contribution in [0.4, 0.5) is 17.1 Å². The van der Waals surface area contributed by atoms with E-state index in [1.54, 1.807) is 43.5 Å². The van der Waals surface area contributed by atoms with E-state index in [9.17, 15) is 23.3 Å². The lowest BCUT2D eigenvalue weighted by molar-refractivity contribution is -0.384. The van der Waals surface area contributed by atoms with Crippen LogP contribution in [0.25, 0.3) is 5.69 Å². The second-order valence-electron chi connectivity index (χ2n) is 7.83. The summed E-state index contributed by atoms with van der Waals surface area (Å²) in [5.41, 5.74) is 2.74. The van der Waals surface area contributed by atoms with Crippen LogP contribution in [-0.4, -0.2) is 29.0 Å². The molecule has 3 aromatic carbocycles. The number of anilines is 2. The Morgan fingerprint density at radius 2 is 1.71 bits per heavy atom. The topological polar surface area (TPSA) is 136 Å². The first-order valence-electron chi connectivity index (χ1n) is 10.4. The molecule has 0 unspecified atom stereocenters. The molecule has 10 nitrogen and oxygen atoms in total. The summed E-state index contributed by atoms with van der Waals surface area (Å²) in [5, 5.41) is 17.7. The van der Waals surface area contributed by atoms with Crippen LogP contribution in [0.5, 0.6) is 0 Å². The molecule has 0 aliphatic carbocycles. The van der Waals surface area contributed by atoms with Crippen molar-refractivity contribution < 1.29 is 18.1 Å². The van der Waals surface area contributed by atoms with Gasteiger partial charge in [0.25, 0.3) is 21.6 Å². The minimum atomic E-state index is -3.89. The second kappa shape index (κ2) is 9.39.